The number of benzene rings is 9. The van der Waals surface area contributed by atoms with Gasteiger partial charge >= 0.3 is 0 Å². The van der Waals surface area contributed by atoms with Gasteiger partial charge in [0.25, 0.3) is 0 Å². The van der Waals surface area contributed by atoms with Crippen LogP contribution in [0.15, 0.2) is 170 Å². The molecule has 0 spiro atoms. The molecule has 9 aromatic rings. The van der Waals surface area contributed by atoms with Gasteiger partial charge in [0.1, 0.15) is 0 Å². The van der Waals surface area contributed by atoms with E-state index in [9.17, 15) is 0 Å². The van der Waals surface area contributed by atoms with Crippen LogP contribution in [0.25, 0.3) is 87.6 Å². The fourth-order valence-corrected chi connectivity index (χ4v) is 8.63. The van der Waals surface area contributed by atoms with Crippen LogP contribution in [-0.2, 0) is 5.41 Å². The minimum atomic E-state index is -0.0129. The standard InChI is InChI=1S/C49H34/c1-49(2)46-21-10-9-17-40(46)41-27-26-34(30-47(41)49)31-22-24-33(25-23-31)44-28-35-29-45(37-20-11-13-32-12-3-4-14-36(32)37)39-16-6-8-19-43(39)48(35)42-18-7-5-15-38(42)44/h3-30H,1-2H3. The Bertz CT molecular complexity index is 2770. The van der Waals surface area contributed by atoms with Gasteiger partial charge in [0.2, 0.25) is 0 Å². The molecule has 0 nitrogen and oxygen atoms in total. The molecular formula is C49H34. The van der Waals surface area contributed by atoms with Gasteiger partial charge in [-0.15, -0.1) is 0 Å². The maximum absolute atomic E-state index is 2.42. The first kappa shape index (κ1) is 28.1. The van der Waals surface area contributed by atoms with Crippen LogP contribution in [0.5, 0.6) is 0 Å². The molecule has 1 aliphatic carbocycles. The highest BCUT2D eigenvalue weighted by Gasteiger charge is 2.35. The largest absolute Gasteiger partial charge is 0.0619 e. The third-order valence-corrected chi connectivity index (χ3v) is 11.1. The maximum Gasteiger partial charge on any atom is 0.0159 e. The van der Waals surface area contributed by atoms with Gasteiger partial charge in [-0.1, -0.05) is 166 Å². The number of hydrogen-bond donors (Lipinski definition) is 0. The molecule has 0 bridgehead atoms. The summed E-state index contributed by atoms with van der Waals surface area (Å²) in [6, 6.07) is 63.2. The fraction of sp³-hybridized carbons (Fsp3) is 0.0612. The summed E-state index contributed by atoms with van der Waals surface area (Å²) in [5, 5.41) is 10.3. The molecule has 0 unspecified atom stereocenters. The van der Waals surface area contributed by atoms with Gasteiger partial charge in [-0.25, -0.2) is 0 Å². The van der Waals surface area contributed by atoms with Gasteiger partial charge in [-0.05, 0) is 117 Å². The van der Waals surface area contributed by atoms with Gasteiger partial charge in [-0.3, -0.25) is 0 Å². The van der Waals surface area contributed by atoms with Crippen LogP contribution in [0.3, 0.4) is 0 Å². The van der Waals surface area contributed by atoms with Crippen molar-refractivity contribution < 1.29 is 0 Å². The van der Waals surface area contributed by atoms with Crippen molar-refractivity contribution in [3.8, 4) is 44.5 Å². The molecule has 0 heteroatoms. The second kappa shape index (κ2) is 10.5. The Hall–Kier alpha value is -5.98. The van der Waals surface area contributed by atoms with Crippen molar-refractivity contribution in [2.24, 2.45) is 0 Å². The van der Waals surface area contributed by atoms with Gasteiger partial charge in [0.05, 0.1) is 0 Å². The highest BCUT2D eigenvalue weighted by Crippen LogP contribution is 2.50. The molecule has 0 heterocycles. The van der Waals surface area contributed by atoms with E-state index in [1.54, 1.807) is 0 Å². The second-order valence-corrected chi connectivity index (χ2v) is 14.1. The molecule has 0 fully saturated rings. The molecule has 0 saturated carbocycles. The Morgan fingerprint density at radius 1 is 0.306 bits per heavy atom. The molecule has 0 amide bonds. The van der Waals surface area contributed by atoms with E-state index in [1.807, 2.05) is 0 Å². The Morgan fingerprint density at radius 2 is 0.837 bits per heavy atom. The smallest absolute Gasteiger partial charge is 0.0159 e. The lowest BCUT2D eigenvalue weighted by atomic mass is 9.81. The predicted molar refractivity (Wildman–Crippen MR) is 210 cm³/mol. The topological polar surface area (TPSA) is 0 Å². The van der Waals surface area contributed by atoms with Crippen LogP contribution in [0.2, 0.25) is 0 Å². The highest BCUT2D eigenvalue weighted by molar-refractivity contribution is 6.26. The third-order valence-electron chi connectivity index (χ3n) is 11.1. The molecule has 10 rings (SSSR count). The molecule has 0 saturated heterocycles. The van der Waals surface area contributed by atoms with Crippen molar-refractivity contribution in [1.82, 2.24) is 0 Å². The number of fused-ring (bicyclic) bond motifs is 9. The fourth-order valence-electron chi connectivity index (χ4n) is 8.63. The summed E-state index contributed by atoms with van der Waals surface area (Å²) < 4.78 is 0. The van der Waals surface area contributed by atoms with E-state index in [1.165, 1.54) is 98.7 Å². The minimum Gasteiger partial charge on any atom is -0.0619 e. The van der Waals surface area contributed by atoms with Crippen molar-refractivity contribution in [3.63, 3.8) is 0 Å². The Balaban J connectivity index is 1.14. The van der Waals surface area contributed by atoms with Crippen LogP contribution < -0.4 is 0 Å². The lowest BCUT2D eigenvalue weighted by molar-refractivity contribution is 0.660. The van der Waals surface area contributed by atoms with E-state index < -0.39 is 0 Å². The summed E-state index contributed by atoms with van der Waals surface area (Å²) in [4.78, 5) is 0. The second-order valence-electron chi connectivity index (χ2n) is 14.1. The van der Waals surface area contributed by atoms with Gasteiger partial charge < -0.3 is 0 Å². The van der Waals surface area contributed by atoms with Crippen LogP contribution in [-0.4, -0.2) is 0 Å². The SMILES string of the molecule is CC1(C)c2ccccc2-c2ccc(-c3ccc(-c4cc5cc(-c6cccc7ccccc67)c6ccccc6c5c5ccccc45)cc3)cc21. The molecule has 0 N–H and O–H groups in total. The van der Waals surface area contributed by atoms with E-state index in [-0.39, 0.29) is 5.41 Å². The summed E-state index contributed by atoms with van der Waals surface area (Å²) in [6.07, 6.45) is 0. The quantitative estimate of drug-likeness (QED) is 0.172. The zero-order valence-electron chi connectivity index (χ0n) is 27.7. The Kier molecular flexibility index (Phi) is 6.02. The lowest BCUT2D eigenvalue weighted by Gasteiger charge is -2.22. The highest BCUT2D eigenvalue weighted by atomic mass is 14.4. The normalized spacial score (nSPS) is 13.3. The average Bonchev–Trinajstić information content (AvgIpc) is 3.39. The Labute approximate surface area is 286 Å². The van der Waals surface area contributed by atoms with Crippen molar-refractivity contribution in [1.29, 1.82) is 0 Å². The molecule has 0 radical (unpaired) electrons. The summed E-state index contributed by atoms with van der Waals surface area (Å²) in [6.45, 7) is 4.70. The molecule has 0 aromatic heterocycles. The number of hydrogen-bond acceptors (Lipinski definition) is 0. The maximum atomic E-state index is 2.42. The van der Waals surface area contributed by atoms with Gasteiger partial charge in [0.15, 0.2) is 0 Å². The molecule has 49 heavy (non-hydrogen) atoms. The van der Waals surface area contributed by atoms with E-state index in [0.29, 0.717) is 0 Å². The first-order valence-electron chi connectivity index (χ1n) is 17.3. The monoisotopic (exact) mass is 622 g/mol. The van der Waals surface area contributed by atoms with E-state index in [0.717, 1.165) is 0 Å². The summed E-state index contributed by atoms with van der Waals surface area (Å²) in [7, 11) is 0. The van der Waals surface area contributed by atoms with E-state index in [2.05, 4.69) is 184 Å². The average molecular weight is 623 g/mol. The van der Waals surface area contributed by atoms with E-state index in [4.69, 9.17) is 0 Å². The van der Waals surface area contributed by atoms with Gasteiger partial charge in [0, 0.05) is 5.41 Å². The molecular weight excluding hydrogens is 589 g/mol. The molecule has 0 atom stereocenters. The molecule has 230 valence electrons. The van der Waals surface area contributed by atoms with Crippen LogP contribution in [0.1, 0.15) is 25.0 Å². The zero-order chi connectivity index (χ0) is 32.7. The van der Waals surface area contributed by atoms with E-state index >= 15 is 0 Å². The van der Waals surface area contributed by atoms with Crippen LogP contribution in [0.4, 0.5) is 0 Å². The van der Waals surface area contributed by atoms with Crippen LogP contribution >= 0.6 is 0 Å². The lowest BCUT2D eigenvalue weighted by Crippen LogP contribution is -2.14. The molecule has 9 aromatic carbocycles. The predicted octanol–water partition coefficient (Wildman–Crippen LogP) is 13.6. The third kappa shape index (κ3) is 4.17. The van der Waals surface area contributed by atoms with Crippen molar-refractivity contribution in [2.75, 3.05) is 0 Å². The van der Waals surface area contributed by atoms with Crippen molar-refractivity contribution in [3.05, 3.63) is 181 Å². The first-order chi connectivity index (χ1) is 24.1. The minimum absolute atomic E-state index is 0.0129. The molecule has 1 aliphatic rings. The summed E-state index contributed by atoms with van der Waals surface area (Å²) >= 11 is 0. The van der Waals surface area contributed by atoms with Crippen LogP contribution in [0, 0.1) is 0 Å². The summed E-state index contributed by atoms with van der Waals surface area (Å²) in [5.74, 6) is 0. The van der Waals surface area contributed by atoms with Crippen molar-refractivity contribution in [2.45, 2.75) is 19.3 Å². The zero-order valence-corrected chi connectivity index (χ0v) is 27.7. The molecule has 0 aliphatic heterocycles. The number of rotatable bonds is 3. The summed E-state index contributed by atoms with van der Waals surface area (Å²) in [5.41, 5.74) is 13.1. The Morgan fingerprint density at radius 3 is 1.61 bits per heavy atom. The first-order valence-corrected chi connectivity index (χ1v) is 17.3. The van der Waals surface area contributed by atoms with Gasteiger partial charge in [-0.2, -0.15) is 0 Å². The van der Waals surface area contributed by atoms with Crippen molar-refractivity contribution >= 4 is 43.1 Å².